The molecule has 0 N–H and O–H groups in total. The summed E-state index contributed by atoms with van der Waals surface area (Å²) in [6, 6.07) is 44.8. The van der Waals surface area contributed by atoms with E-state index in [0.29, 0.717) is 0 Å². The van der Waals surface area contributed by atoms with Crippen LogP contribution in [0.1, 0.15) is 5.56 Å². The minimum atomic E-state index is 0. The van der Waals surface area contributed by atoms with Crippen molar-refractivity contribution in [3.8, 4) is 33.6 Å². The van der Waals surface area contributed by atoms with E-state index in [-0.39, 0.29) is 20.1 Å². The molecule has 4 heteroatoms. The van der Waals surface area contributed by atoms with Crippen LogP contribution in [-0.4, -0.2) is 9.97 Å². The zero-order valence-corrected chi connectivity index (χ0v) is 23.7. The summed E-state index contributed by atoms with van der Waals surface area (Å²) in [5.41, 5.74) is 9.17. The molecule has 0 atom stereocenters. The third-order valence-corrected chi connectivity index (χ3v) is 6.43. The number of hydrogen-bond acceptors (Lipinski definition) is 3. The minimum Gasteiger partial charge on any atom is -0.455 e. The molecule has 0 aliphatic heterocycles. The van der Waals surface area contributed by atoms with Gasteiger partial charge in [-0.2, -0.15) is 0 Å². The molecule has 0 amide bonds. The van der Waals surface area contributed by atoms with E-state index in [2.05, 4.69) is 71.5 Å². The minimum absolute atomic E-state index is 0. The molecule has 39 heavy (non-hydrogen) atoms. The Morgan fingerprint density at radius 3 is 2.26 bits per heavy atom. The van der Waals surface area contributed by atoms with Gasteiger partial charge in [0.25, 0.3) is 0 Å². The molecule has 3 heterocycles. The SMILES string of the molecule is Cc1cccnc1-c1[c-]cccc1.[Ir].[c-]1ccc(-c2cccc3c2oc2ccccc23)cc1-c1ccccn1. The van der Waals surface area contributed by atoms with Gasteiger partial charge in [0.1, 0.15) is 11.2 Å². The first kappa shape index (κ1) is 26.2. The van der Waals surface area contributed by atoms with Crippen LogP contribution in [0, 0.1) is 19.1 Å². The Morgan fingerprint density at radius 2 is 1.44 bits per heavy atom. The molecular weight excluding hydrogens is 657 g/mol. The number of pyridine rings is 2. The number of fused-ring (bicyclic) bond motifs is 3. The van der Waals surface area contributed by atoms with Crippen LogP contribution >= 0.6 is 0 Å². The Kier molecular flexibility index (Phi) is 8.07. The van der Waals surface area contributed by atoms with Crippen LogP contribution in [0.15, 0.2) is 132 Å². The third kappa shape index (κ3) is 5.58. The Balaban J connectivity index is 0.000000187. The Morgan fingerprint density at radius 1 is 0.641 bits per heavy atom. The molecule has 0 spiro atoms. The van der Waals surface area contributed by atoms with Crippen LogP contribution in [0.2, 0.25) is 0 Å². The number of rotatable bonds is 3. The van der Waals surface area contributed by atoms with Crippen molar-refractivity contribution >= 4 is 21.9 Å². The van der Waals surface area contributed by atoms with Gasteiger partial charge >= 0.3 is 0 Å². The Labute approximate surface area is 241 Å². The number of hydrogen-bond donors (Lipinski definition) is 0. The van der Waals surface area contributed by atoms with Gasteiger partial charge in [-0.3, -0.25) is 0 Å². The van der Waals surface area contributed by atoms with Gasteiger partial charge in [-0.25, -0.2) is 0 Å². The smallest absolute Gasteiger partial charge is 0.141 e. The van der Waals surface area contributed by atoms with Crippen LogP contribution < -0.4 is 0 Å². The predicted molar refractivity (Wildman–Crippen MR) is 154 cm³/mol. The fraction of sp³-hybridized carbons (Fsp3) is 0.0286. The van der Waals surface area contributed by atoms with Crippen molar-refractivity contribution in [3.05, 3.63) is 145 Å². The molecule has 7 rings (SSSR count). The molecule has 7 aromatic rings. The van der Waals surface area contributed by atoms with Crippen molar-refractivity contribution in [2.24, 2.45) is 0 Å². The third-order valence-electron chi connectivity index (χ3n) is 6.43. The zero-order valence-electron chi connectivity index (χ0n) is 21.3. The van der Waals surface area contributed by atoms with Gasteiger partial charge in [0.15, 0.2) is 0 Å². The fourth-order valence-electron chi connectivity index (χ4n) is 4.59. The molecule has 1 radical (unpaired) electrons. The van der Waals surface area contributed by atoms with E-state index < -0.39 is 0 Å². The maximum atomic E-state index is 6.16. The fourth-order valence-corrected chi connectivity index (χ4v) is 4.59. The van der Waals surface area contributed by atoms with Gasteiger partial charge in [-0.15, -0.1) is 65.7 Å². The van der Waals surface area contributed by atoms with Gasteiger partial charge in [0.05, 0.1) is 0 Å². The Hall–Kier alpha value is -4.37. The molecule has 0 saturated carbocycles. The first-order chi connectivity index (χ1) is 18.8. The van der Waals surface area contributed by atoms with Crippen molar-refractivity contribution in [1.29, 1.82) is 0 Å². The number of nitrogens with zero attached hydrogens (tertiary/aromatic N) is 2. The van der Waals surface area contributed by atoms with Crippen LogP contribution in [0.4, 0.5) is 0 Å². The van der Waals surface area contributed by atoms with E-state index in [1.807, 2.05) is 79.0 Å². The topological polar surface area (TPSA) is 38.9 Å². The van der Waals surface area contributed by atoms with E-state index in [1.165, 1.54) is 5.56 Å². The number of benzene rings is 4. The second kappa shape index (κ2) is 12.0. The van der Waals surface area contributed by atoms with Crippen molar-refractivity contribution in [3.63, 3.8) is 0 Å². The normalized spacial score (nSPS) is 10.5. The van der Waals surface area contributed by atoms with Gasteiger partial charge in [0, 0.05) is 48.8 Å². The molecule has 0 fully saturated rings. The van der Waals surface area contributed by atoms with Crippen molar-refractivity contribution in [1.82, 2.24) is 9.97 Å². The zero-order chi connectivity index (χ0) is 25.7. The Bertz CT molecular complexity index is 1830. The van der Waals surface area contributed by atoms with Crippen molar-refractivity contribution in [2.45, 2.75) is 6.92 Å². The van der Waals surface area contributed by atoms with E-state index in [9.17, 15) is 0 Å². The molecule has 4 aromatic carbocycles. The number of para-hydroxylation sites is 2. The van der Waals surface area contributed by atoms with Crippen molar-refractivity contribution in [2.75, 3.05) is 0 Å². The van der Waals surface area contributed by atoms with Gasteiger partial charge in [0.2, 0.25) is 0 Å². The summed E-state index contributed by atoms with van der Waals surface area (Å²) in [5, 5.41) is 2.28. The first-order valence-corrected chi connectivity index (χ1v) is 12.5. The second-order valence-electron chi connectivity index (χ2n) is 8.93. The summed E-state index contributed by atoms with van der Waals surface area (Å²) in [6.07, 6.45) is 3.61. The molecule has 3 nitrogen and oxygen atoms in total. The monoisotopic (exact) mass is 681 g/mol. The standard InChI is InChI=1S/C23H14NO.C12H10N.Ir/c1-2-13-22-19(9-1)20-11-6-10-18(23(20)25-22)16-7-5-8-17(15-16)21-12-3-4-14-24-21;1-10-6-5-9-13-12(10)11-7-3-2-4-8-11;/h1-7,9-15H;2-7,9H,1H3;/q2*-1;. The summed E-state index contributed by atoms with van der Waals surface area (Å²) in [4.78, 5) is 8.74. The van der Waals surface area contributed by atoms with Gasteiger partial charge in [-0.05, 0) is 36.5 Å². The largest absolute Gasteiger partial charge is 0.455 e. The maximum absolute atomic E-state index is 6.16. The van der Waals surface area contributed by atoms with Crippen molar-refractivity contribution < 1.29 is 24.5 Å². The summed E-state index contributed by atoms with van der Waals surface area (Å²) in [5.74, 6) is 0. The first-order valence-electron chi connectivity index (χ1n) is 12.5. The molecule has 191 valence electrons. The van der Waals surface area contributed by atoms with E-state index in [0.717, 1.165) is 55.6 Å². The summed E-state index contributed by atoms with van der Waals surface area (Å²) in [6.45, 7) is 2.06. The van der Waals surface area contributed by atoms with Crippen LogP contribution in [0.5, 0.6) is 0 Å². The number of furan rings is 1. The van der Waals surface area contributed by atoms with E-state index in [4.69, 9.17) is 4.42 Å². The van der Waals surface area contributed by atoms with Crippen LogP contribution in [0.3, 0.4) is 0 Å². The maximum Gasteiger partial charge on any atom is 0.141 e. The van der Waals surface area contributed by atoms with E-state index in [1.54, 1.807) is 6.20 Å². The average molecular weight is 681 g/mol. The quantitative estimate of drug-likeness (QED) is 0.175. The van der Waals surface area contributed by atoms with Crippen LogP contribution in [-0.2, 0) is 20.1 Å². The van der Waals surface area contributed by atoms with Crippen LogP contribution in [0.25, 0.3) is 55.6 Å². The number of aromatic nitrogens is 2. The predicted octanol–water partition coefficient (Wildman–Crippen LogP) is 8.97. The molecule has 0 bridgehead atoms. The number of aryl methyl sites for hydroxylation is 1. The summed E-state index contributed by atoms with van der Waals surface area (Å²) < 4.78 is 6.16. The molecular formula is C35H24IrN2O-2. The molecule has 0 aliphatic carbocycles. The molecule has 0 saturated heterocycles. The summed E-state index contributed by atoms with van der Waals surface area (Å²) in [7, 11) is 0. The molecule has 0 unspecified atom stereocenters. The molecule has 0 aliphatic rings. The van der Waals surface area contributed by atoms with Gasteiger partial charge in [-0.1, -0.05) is 65.7 Å². The van der Waals surface area contributed by atoms with Gasteiger partial charge < -0.3 is 14.4 Å². The summed E-state index contributed by atoms with van der Waals surface area (Å²) >= 11 is 0. The average Bonchev–Trinajstić information content (AvgIpc) is 3.38. The molecule has 3 aromatic heterocycles. The second-order valence-corrected chi connectivity index (χ2v) is 8.93. The van der Waals surface area contributed by atoms with E-state index >= 15 is 0 Å².